The molecule has 0 saturated carbocycles. The van der Waals surface area contributed by atoms with Crippen molar-refractivity contribution in [3.63, 3.8) is 0 Å². The smallest absolute Gasteiger partial charge is 0.125 e. The van der Waals surface area contributed by atoms with Gasteiger partial charge in [-0.2, -0.15) is 50.5 Å². The molecule has 2 atom stereocenters. The lowest BCUT2D eigenvalue weighted by molar-refractivity contribution is 0.427. The third-order valence-corrected chi connectivity index (χ3v) is 13.4. The lowest BCUT2D eigenvalue weighted by atomic mass is 9.86. The zero-order chi connectivity index (χ0) is 31.8. The van der Waals surface area contributed by atoms with Crippen molar-refractivity contribution in [1.82, 2.24) is 10.2 Å². The monoisotopic (exact) mass is 690 g/mol. The maximum atomic E-state index is 4.83. The fourth-order valence-electron chi connectivity index (χ4n) is 6.04. The van der Waals surface area contributed by atoms with Gasteiger partial charge >= 0.3 is 0 Å². The van der Waals surface area contributed by atoms with E-state index in [0.717, 1.165) is 22.9 Å². The molecule has 0 N–H and O–H groups in total. The number of hydrogen-bond donors (Lipinski definition) is 4. The average Bonchev–Trinajstić information content (AvgIpc) is 3.49. The largest absolute Gasteiger partial charge is 0.164 e. The molecule has 1 rings (SSSR count). The van der Waals surface area contributed by atoms with Crippen LogP contribution in [0.3, 0.4) is 0 Å². The van der Waals surface area contributed by atoms with Gasteiger partial charge in [0.25, 0.3) is 0 Å². The number of rotatable bonds is 30. The van der Waals surface area contributed by atoms with Gasteiger partial charge in [0.05, 0.1) is 9.16 Å². The molecule has 2 nitrogen and oxygen atoms in total. The van der Waals surface area contributed by atoms with Gasteiger partial charge in [-0.25, -0.2) is 0 Å². The molecule has 254 valence electrons. The van der Waals surface area contributed by atoms with Gasteiger partial charge in [-0.3, -0.25) is 0 Å². The zero-order valence-corrected chi connectivity index (χ0v) is 33.0. The van der Waals surface area contributed by atoms with Crippen LogP contribution in [0.15, 0.2) is 0 Å². The summed E-state index contributed by atoms with van der Waals surface area (Å²) in [6, 6.07) is 0. The predicted octanol–water partition coefficient (Wildman–Crippen LogP) is 13.6. The number of thiol groups is 4. The first-order valence-corrected chi connectivity index (χ1v) is 21.2. The van der Waals surface area contributed by atoms with Crippen LogP contribution >= 0.6 is 61.9 Å². The molecule has 1 aromatic rings. The van der Waals surface area contributed by atoms with Gasteiger partial charge in [0.1, 0.15) is 10.0 Å². The Labute approximate surface area is 295 Å². The summed E-state index contributed by atoms with van der Waals surface area (Å²) < 4.78 is -0.127. The molecule has 0 spiro atoms. The van der Waals surface area contributed by atoms with Crippen molar-refractivity contribution in [1.29, 1.82) is 0 Å². The van der Waals surface area contributed by atoms with Crippen molar-refractivity contribution in [3.8, 4) is 0 Å². The number of nitrogens with zero attached hydrogens (tertiary/aromatic N) is 2. The molecule has 0 saturated heterocycles. The van der Waals surface area contributed by atoms with E-state index in [0.29, 0.717) is 0 Å². The van der Waals surface area contributed by atoms with Crippen molar-refractivity contribution >= 4 is 61.9 Å². The molecule has 43 heavy (non-hydrogen) atoms. The lowest BCUT2D eigenvalue weighted by Gasteiger charge is -2.31. The molecular weight excluding hydrogens is 621 g/mol. The highest BCUT2D eigenvalue weighted by Crippen LogP contribution is 2.44. The predicted molar refractivity (Wildman–Crippen MR) is 210 cm³/mol. The van der Waals surface area contributed by atoms with E-state index in [1.807, 2.05) is 0 Å². The molecule has 0 aromatic carbocycles. The quantitative estimate of drug-likeness (QED) is 0.0367. The Morgan fingerprint density at radius 1 is 0.442 bits per heavy atom. The fourth-order valence-corrected chi connectivity index (χ4v) is 8.65. The van der Waals surface area contributed by atoms with E-state index in [9.17, 15) is 0 Å². The van der Waals surface area contributed by atoms with E-state index in [1.165, 1.54) is 154 Å². The van der Waals surface area contributed by atoms with Gasteiger partial charge in [0, 0.05) is 10.8 Å². The summed E-state index contributed by atoms with van der Waals surface area (Å²) in [4.78, 5) is 0. The van der Waals surface area contributed by atoms with E-state index >= 15 is 0 Å². The van der Waals surface area contributed by atoms with Gasteiger partial charge in [-0.05, 0) is 12.8 Å². The molecule has 0 aliphatic rings. The normalized spacial score (nSPS) is 14.9. The van der Waals surface area contributed by atoms with E-state index in [2.05, 4.69) is 27.7 Å². The van der Waals surface area contributed by atoms with Crippen molar-refractivity contribution in [3.05, 3.63) is 10.0 Å². The van der Waals surface area contributed by atoms with E-state index in [-0.39, 0.29) is 20.0 Å². The summed E-state index contributed by atoms with van der Waals surface area (Å²) in [5, 5.41) is 11.6. The highest BCUT2D eigenvalue weighted by Gasteiger charge is 2.40. The molecule has 2 unspecified atom stereocenters. The molecular formula is C36H70N2S5. The Morgan fingerprint density at radius 3 is 0.907 bits per heavy atom. The van der Waals surface area contributed by atoms with Crippen molar-refractivity contribution < 1.29 is 0 Å². The van der Waals surface area contributed by atoms with Crippen LogP contribution in [0.5, 0.6) is 0 Å². The molecule has 0 radical (unpaired) electrons. The second kappa shape index (κ2) is 26.0. The Kier molecular flexibility index (Phi) is 25.4. The van der Waals surface area contributed by atoms with Crippen LogP contribution in [0.4, 0.5) is 0 Å². The van der Waals surface area contributed by atoms with Crippen LogP contribution in [0.1, 0.15) is 205 Å². The van der Waals surface area contributed by atoms with Gasteiger partial charge in [-0.1, -0.05) is 182 Å². The number of unbranched alkanes of at least 4 members (excludes halogenated alkanes) is 22. The zero-order valence-electron chi connectivity index (χ0n) is 28.6. The van der Waals surface area contributed by atoms with E-state index in [4.69, 9.17) is 60.7 Å². The summed E-state index contributed by atoms with van der Waals surface area (Å²) in [5.74, 6) is 0. The van der Waals surface area contributed by atoms with Crippen LogP contribution < -0.4 is 0 Å². The standard InChI is InChI=1S/C36H70N2S5/c1-5-7-9-11-13-15-17-19-21-23-25-27-29-35(3,33(39)40)31-37-38-32(43-31)36(4,34(41)42)30-28-26-24-22-20-18-16-14-12-10-8-6-2/h33-34,39-42H,5-30H2,1-4H3. The molecule has 1 heterocycles. The first-order chi connectivity index (χ1) is 20.7. The molecule has 0 fully saturated rings. The van der Waals surface area contributed by atoms with Crippen LogP contribution in [-0.4, -0.2) is 19.4 Å². The van der Waals surface area contributed by atoms with Crippen molar-refractivity contribution in [2.75, 3.05) is 0 Å². The number of hydrogen-bond acceptors (Lipinski definition) is 7. The minimum atomic E-state index is -0.180. The van der Waals surface area contributed by atoms with Crippen LogP contribution in [-0.2, 0) is 10.8 Å². The first kappa shape index (κ1) is 42.0. The highest BCUT2D eigenvalue weighted by molar-refractivity contribution is 7.99. The minimum Gasteiger partial charge on any atom is -0.164 e. The maximum Gasteiger partial charge on any atom is 0.125 e. The summed E-state index contributed by atoms with van der Waals surface area (Å²) >= 11 is 21.1. The van der Waals surface area contributed by atoms with Gasteiger partial charge < -0.3 is 0 Å². The second-order valence-electron chi connectivity index (χ2n) is 13.8. The Hall–Kier alpha value is 0.960. The molecule has 1 aromatic heterocycles. The summed E-state index contributed by atoms with van der Waals surface area (Å²) in [6.07, 6.45) is 34.9. The van der Waals surface area contributed by atoms with Crippen molar-refractivity contribution in [2.45, 2.75) is 215 Å². The molecule has 0 amide bonds. The third kappa shape index (κ3) is 17.6. The second-order valence-corrected chi connectivity index (χ2v) is 17.6. The number of aromatic nitrogens is 2. The van der Waals surface area contributed by atoms with Crippen molar-refractivity contribution in [2.24, 2.45) is 0 Å². The average molecular weight is 691 g/mol. The summed E-state index contributed by atoms with van der Waals surface area (Å²) in [7, 11) is 0. The Morgan fingerprint density at radius 2 is 0.674 bits per heavy atom. The summed E-state index contributed by atoms with van der Waals surface area (Å²) in [6.45, 7) is 9.14. The lowest BCUT2D eigenvalue weighted by Crippen LogP contribution is -2.30. The Bertz CT molecular complexity index is 710. The third-order valence-electron chi connectivity index (χ3n) is 9.64. The molecule has 7 heteroatoms. The SMILES string of the molecule is CCCCCCCCCCCCCCC(C)(c1nnc(C(C)(CCCCCCCCCCCCCC)C(S)S)s1)C(S)S. The summed E-state index contributed by atoms with van der Waals surface area (Å²) in [5.41, 5.74) is -0.361. The fraction of sp³-hybridized carbons (Fsp3) is 0.944. The van der Waals surface area contributed by atoms with E-state index < -0.39 is 0 Å². The van der Waals surface area contributed by atoms with Gasteiger partial charge in [-0.15, -0.1) is 21.5 Å². The van der Waals surface area contributed by atoms with Gasteiger partial charge in [0.15, 0.2) is 0 Å². The first-order valence-electron chi connectivity index (χ1n) is 18.3. The van der Waals surface area contributed by atoms with Crippen LogP contribution in [0.25, 0.3) is 0 Å². The van der Waals surface area contributed by atoms with E-state index in [1.54, 1.807) is 11.3 Å². The molecule has 0 bridgehead atoms. The topological polar surface area (TPSA) is 25.8 Å². The minimum absolute atomic E-state index is 0.0635. The maximum absolute atomic E-state index is 4.83. The van der Waals surface area contributed by atoms with Crippen LogP contribution in [0, 0.1) is 0 Å². The Balaban J connectivity index is 2.43. The molecule has 0 aliphatic carbocycles. The van der Waals surface area contributed by atoms with Crippen LogP contribution in [0.2, 0.25) is 0 Å². The molecule has 0 aliphatic heterocycles. The highest BCUT2D eigenvalue weighted by atomic mass is 32.2. The van der Waals surface area contributed by atoms with Gasteiger partial charge in [0.2, 0.25) is 0 Å².